The molecule has 158 valence electrons. The average Bonchev–Trinajstić information content (AvgIpc) is 2.65. The van der Waals surface area contributed by atoms with E-state index >= 15 is 0 Å². The molecular weight excluding hydrogens is 330 g/mol. The van der Waals surface area contributed by atoms with Crippen LogP contribution in [-0.4, -0.2) is 48.4 Å². The Kier molecular flexibility index (Phi) is 22.7. The lowest BCUT2D eigenvalue weighted by Gasteiger charge is -2.20. The van der Waals surface area contributed by atoms with Crippen LogP contribution in [0.5, 0.6) is 0 Å². The molecule has 0 spiro atoms. The highest BCUT2D eigenvalue weighted by Gasteiger charge is 2.06. The van der Waals surface area contributed by atoms with Gasteiger partial charge in [0.2, 0.25) is 0 Å². The van der Waals surface area contributed by atoms with Crippen LogP contribution in [0.2, 0.25) is 0 Å². The fourth-order valence-corrected chi connectivity index (χ4v) is 2.89. The highest BCUT2D eigenvalue weighted by Crippen LogP contribution is 2.12. The third-order valence-corrected chi connectivity index (χ3v) is 4.52. The second kappa shape index (κ2) is 22.8. The molecule has 0 saturated heterocycles. The van der Waals surface area contributed by atoms with Crippen molar-refractivity contribution in [3.05, 3.63) is 0 Å². The summed E-state index contributed by atoms with van der Waals surface area (Å²) in [6.07, 6.45) is 18.6. The van der Waals surface area contributed by atoms with Crippen molar-refractivity contribution >= 4 is 0 Å². The van der Waals surface area contributed by atoms with Crippen LogP contribution in [-0.2, 0) is 9.68 Å². The summed E-state index contributed by atoms with van der Waals surface area (Å²) in [4.78, 5) is 11.0. The van der Waals surface area contributed by atoms with E-state index in [1.807, 2.05) is 0 Å². The summed E-state index contributed by atoms with van der Waals surface area (Å²) in [7, 11) is 0. The molecule has 0 heterocycles. The first-order valence-electron chi connectivity index (χ1n) is 11.1. The maximum atomic E-state index is 8.82. The van der Waals surface area contributed by atoms with Crippen LogP contribution in [0, 0.1) is 0 Å². The largest absolute Gasteiger partial charge is 0.396 e. The molecule has 0 aliphatic heterocycles. The van der Waals surface area contributed by atoms with Gasteiger partial charge in [-0.3, -0.25) is 9.68 Å². The van der Waals surface area contributed by atoms with Crippen molar-refractivity contribution in [2.24, 2.45) is 0 Å². The Bertz CT molecular complexity index is 244. The van der Waals surface area contributed by atoms with Gasteiger partial charge in [0.1, 0.15) is 0 Å². The number of hydrogen-bond acceptors (Lipinski definition) is 5. The van der Waals surface area contributed by atoms with E-state index in [-0.39, 0.29) is 13.2 Å². The Balaban J connectivity index is 3.41. The molecule has 26 heavy (non-hydrogen) atoms. The molecule has 0 aliphatic rings. The molecule has 0 aromatic heterocycles. The first-order chi connectivity index (χ1) is 12.8. The Morgan fingerprint density at radius 2 is 0.923 bits per heavy atom. The molecule has 0 aliphatic carbocycles. The monoisotopic (exact) mass is 375 g/mol. The van der Waals surface area contributed by atoms with Crippen molar-refractivity contribution in [3.8, 4) is 0 Å². The summed E-state index contributed by atoms with van der Waals surface area (Å²) in [5.41, 5.74) is 0. The zero-order valence-electron chi connectivity index (χ0n) is 17.3. The molecule has 2 N–H and O–H groups in total. The lowest BCUT2D eigenvalue weighted by Crippen LogP contribution is -2.27. The Hall–Kier alpha value is -0.200. The number of aliphatic hydroxyl groups is 2. The quantitative estimate of drug-likeness (QED) is 0.206. The lowest BCUT2D eigenvalue weighted by atomic mass is 10.0. The summed E-state index contributed by atoms with van der Waals surface area (Å²) in [5, 5.41) is 19.2. The van der Waals surface area contributed by atoms with Crippen molar-refractivity contribution < 1.29 is 19.9 Å². The Morgan fingerprint density at radius 3 is 1.31 bits per heavy atom. The van der Waals surface area contributed by atoms with E-state index in [1.54, 1.807) is 0 Å². The zero-order chi connectivity index (χ0) is 19.1. The van der Waals surface area contributed by atoms with Gasteiger partial charge in [0, 0.05) is 13.2 Å². The van der Waals surface area contributed by atoms with Gasteiger partial charge in [-0.15, -0.1) is 0 Å². The molecule has 0 bridgehead atoms. The third-order valence-electron chi connectivity index (χ3n) is 4.52. The Labute approximate surface area is 162 Å². The number of unbranched alkanes of at least 4 members (excludes halogenated alkanes) is 12. The molecule has 0 saturated carbocycles. The smallest absolute Gasteiger partial charge is 0.0733 e. The molecule has 0 atom stereocenters. The van der Waals surface area contributed by atoms with E-state index in [0.717, 1.165) is 13.0 Å². The summed E-state index contributed by atoms with van der Waals surface area (Å²) in [6, 6.07) is 0. The molecule has 0 rings (SSSR count). The number of hydrogen-bond donors (Lipinski definition) is 2. The minimum absolute atomic E-state index is 0.128. The van der Waals surface area contributed by atoms with Gasteiger partial charge in [0.15, 0.2) is 0 Å². The molecule has 0 aromatic carbocycles. The SMILES string of the molecule is CCCCCCCCCCCCCCCN(OCCCO)OCCCO. The normalized spacial score (nSPS) is 11.5. The summed E-state index contributed by atoms with van der Waals surface area (Å²) in [5.74, 6) is 0. The maximum Gasteiger partial charge on any atom is 0.0733 e. The van der Waals surface area contributed by atoms with Gasteiger partial charge < -0.3 is 10.2 Å². The van der Waals surface area contributed by atoms with Crippen LogP contribution < -0.4 is 0 Å². The molecule has 0 aromatic rings. The molecule has 5 nitrogen and oxygen atoms in total. The van der Waals surface area contributed by atoms with Crippen LogP contribution in [0.15, 0.2) is 0 Å². The Morgan fingerprint density at radius 1 is 0.538 bits per heavy atom. The first kappa shape index (κ1) is 25.8. The third kappa shape index (κ3) is 20.1. The van der Waals surface area contributed by atoms with Crippen LogP contribution in [0.4, 0.5) is 0 Å². The fourth-order valence-electron chi connectivity index (χ4n) is 2.89. The van der Waals surface area contributed by atoms with E-state index in [9.17, 15) is 0 Å². The van der Waals surface area contributed by atoms with Crippen LogP contribution in [0.1, 0.15) is 103 Å². The topological polar surface area (TPSA) is 62.2 Å². The number of rotatable bonds is 22. The van der Waals surface area contributed by atoms with E-state index in [4.69, 9.17) is 19.9 Å². The van der Waals surface area contributed by atoms with Gasteiger partial charge >= 0.3 is 0 Å². The van der Waals surface area contributed by atoms with Gasteiger partial charge in [-0.2, -0.15) is 0 Å². The minimum atomic E-state index is 0.128. The fraction of sp³-hybridized carbons (Fsp3) is 1.00. The summed E-state index contributed by atoms with van der Waals surface area (Å²) >= 11 is 0. The van der Waals surface area contributed by atoms with E-state index in [0.29, 0.717) is 26.1 Å². The molecular formula is C21H45NO4. The van der Waals surface area contributed by atoms with Crippen LogP contribution in [0.3, 0.4) is 0 Å². The zero-order valence-corrected chi connectivity index (χ0v) is 17.3. The van der Waals surface area contributed by atoms with Crippen molar-refractivity contribution in [3.63, 3.8) is 0 Å². The van der Waals surface area contributed by atoms with E-state index in [1.165, 1.54) is 82.3 Å². The standard InChI is InChI=1S/C21H45NO4/c1-2-3-4-5-6-7-8-9-10-11-12-13-14-17-22(25-20-15-18-23)26-21-16-19-24/h23-24H,2-21H2,1H3. The van der Waals surface area contributed by atoms with Gasteiger partial charge in [0.05, 0.1) is 19.8 Å². The minimum Gasteiger partial charge on any atom is -0.396 e. The van der Waals surface area contributed by atoms with Crippen molar-refractivity contribution in [1.82, 2.24) is 5.23 Å². The molecule has 0 unspecified atom stereocenters. The second-order valence-corrected chi connectivity index (χ2v) is 7.12. The maximum absolute atomic E-state index is 8.82. The average molecular weight is 376 g/mol. The molecule has 5 heteroatoms. The van der Waals surface area contributed by atoms with Crippen molar-refractivity contribution in [2.75, 3.05) is 33.0 Å². The van der Waals surface area contributed by atoms with Gasteiger partial charge in [-0.25, -0.2) is 0 Å². The highest BCUT2D eigenvalue weighted by molar-refractivity contribution is 4.49. The van der Waals surface area contributed by atoms with E-state index in [2.05, 4.69) is 6.92 Å². The number of aliphatic hydroxyl groups excluding tert-OH is 2. The molecule has 0 radical (unpaired) electrons. The highest BCUT2D eigenvalue weighted by atomic mass is 16.9. The van der Waals surface area contributed by atoms with Crippen molar-refractivity contribution in [1.29, 1.82) is 0 Å². The lowest BCUT2D eigenvalue weighted by molar-refractivity contribution is -0.369. The molecule has 0 fully saturated rings. The van der Waals surface area contributed by atoms with Gasteiger partial charge in [-0.1, -0.05) is 89.2 Å². The van der Waals surface area contributed by atoms with Gasteiger partial charge in [0.25, 0.3) is 0 Å². The van der Waals surface area contributed by atoms with Crippen molar-refractivity contribution in [2.45, 2.75) is 103 Å². The number of nitrogens with zero attached hydrogens (tertiary/aromatic N) is 1. The first-order valence-corrected chi connectivity index (χ1v) is 11.1. The van der Waals surface area contributed by atoms with Crippen LogP contribution in [0.25, 0.3) is 0 Å². The summed E-state index contributed by atoms with van der Waals surface area (Å²) < 4.78 is 0. The molecule has 0 amide bonds. The predicted octanol–water partition coefficient (Wildman–Crippen LogP) is 5.01. The van der Waals surface area contributed by atoms with E-state index < -0.39 is 0 Å². The van der Waals surface area contributed by atoms with Gasteiger partial charge in [-0.05, 0) is 19.3 Å². The summed E-state index contributed by atoms with van der Waals surface area (Å²) in [6.45, 7) is 4.20. The van der Waals surface area contributed by atoms with Crippen LogP contribution >= 0.6 is 0 Å². The predicted molar refractivity (Wildman–Crippen MR) is 108 cm³/mol. The number of hydroxylamine groups is 2. The second-order valence-electron chi connectivity index (χ2n) is 7.12.